The lowest BCUT2D eigenvalue weighted by Crippen LogP contribution is -1.98. The molecule has 0 fully saturated rings. The predicted molar refractivity (Wildman–Crippen MR) is 68.3 cm³/mol. The van der Waals surface area contributed by atoms with Gasteiger partial charge in [-0.1, -0.05) is 24.3 Å². The Morgan fingerprint density at radius 3 is 2.47 bits per heavy atom. The number of nitrogens with two attached hydrogens (primary N) is 1. The molecule has 0 aliphatic carbocycles. The van der Waals surface area contributed by atoms with E-state index in [-0.39, 0.29) is 5.75 Å². The molecule has 0 heterocycles. The summed E-state index contributed by atoms with van der Waals surface area (Å²) < 4.78 is 5.18. The van der Waals surface area contributed by atoms with E-state index in [4.69, 9.17) is 10.5 Å². The molecule has 0 spiro atoms. The number of methoxy groups -OCH3 is 1. The molecule has 3 heteroatoms. The van der Waals surface area contributed by atoms with Crippen molar-refractivity contribution in [2.75, 3.05) is 12.8 Å². The van der Waals surface area contributed by atoms with Crippen LogP contribution in [-0.2, 0) is 6.42 Å². The molecule has 0 saturated heterocycles. The number of nitrogen functional groups attached to an aromatic ring is 1. The minimum absolute atomic E-state index is 0.271. The topological polar surface area (TPSA) is 55.5 Å². The van der Waals surface area contributed by atoms with Crippen LogP contribution in [0.15, 0.2) is 42.5 Å². The molecule has 2 aromatic carbocycles. The van der Waals surface area contributed by atoms with Crippen LogP contribution in [0.2, 0.25) is 0 Å². The molecule has 0 saturated carbocycles. The Labute approximate surface area is 100 Å². The largest absolute Gasteiger partial charge is 0.508 e. The van der Waals surface area contributed by atoms with E-state index in [0.29, 0.717) is 11.4 Å². The first-order valence-corrected chi connectivity index (χ1v) is 5.40. The van der Waals surface area contributed by atoms with Crippen molar-refractivity contribution in [1.29, 1.82) is 0 Å². The van der Waals surface area contributed by atoms with Gasteiger partial charge in [0, 0.05) is 0 Å². The van der Waals surface area contributed by atoms with Crippen LogP contribution in [0.25, 0.3) is 0 Å². The Morgan fingerprint density at radius 1 is 1.12 bits per heavy atom. The SMILES string of the molecule is COc1cccc(Cc2ccc(O)cc2)c1N. The fraction of sp³-hybridized carbons (Fsp3) is 0.143. The highest BCUT2D eigenvalue weighted by atomic mass is 16.5. The van der Waals surface area contributed by atoms with Crippen molar-refractivity contribution in [2.24, 2.45) is 0 Å². The summed E-state index contributed by atoms with van der Waals surface area (Å²) in [5.41, 5.74) is 8.79. The molecule has 0 amide bonds. The zero-order valence-electron chi connectivity index (χ0n) is 9.68. The maximum absolute atomic E-state index is 9.21. The predicted octanol–water partition coefficient (Wildman–Crippen LogP) is 2.57. The molecule has 3 N–H and O–H groups in total. The number of ether oxygens (including phenoxy) is 1. The summed E-state index contributed by atoms with van der Waals surface area (Å²) in [6, 6.07) is 12.9. The van der Waals surface area contributed by atoms with E-state index in [1.807, 2.05) is 30.3 Å². The molecular weight excluding hydrogens is 214 g/mol. The number of phenolic OH excluding ortho intramolecular Hbond substituents is 1. The molecule has 0 radical (unpaired) electrons. The number of anilines is 1. The number of phenols is 1. The first-order chi connectivity index (χ1) is 8.20. The normalized spacial score (nSPS) is 10.2. The Kier molecular flexibility index (Phi) is 3.19. The minimum atomic E-state index is 0.271. The molecule has 0 aliphatic rings. The number of para-hydroxylation sites is 1. The van der Waals surface area contributed by atoms with Crippen LogP contribution in [0.1, 0.15) is 11.1 Å². The van der Waals surface area contributed by atoms with Crippen LogP contribution in [0.4, 0.5) is 5.69 Å². The van der Waals surface area contributed by atoms with E-state index in [2.05, 4.69) is 0 Å². The third kappa shape index (κ3) is 2.50. The molecule has 0 aliphatic heterocycles. The van der Waals surface area contributed by atoms with Crippen molar-refractivity contribution in [3.8, 4) is 11.5 Å². The van der Waals surface area contributed by atoms with E-state index in [9.17, 15) is 5.11 Å². The smallest absolute Gasteiger partial charge is 0.142 e. The van der Waals surface area contributed by atoms with Crippen molar-refractivity contribution in [1.82, 2.24) is 0 Å². The van der Waals surface area contributed by atoms with Crippen molar-refractivity contribution >= 4 is 5.69 Å². The summed E-state index contributed by atoms with van der Waals surface area (Å²) in [7, 11) is 1.61. The third-order valence-corrected chi connectivity index (χ3v) is 2.71. The van der Waals surface area contributed by atoms with Gasteiger partial charge in [-0.3, -0.25) is 0 Å². The van der Waals surface area contributed by atoms with E-state index in [1.54, 1.807) is 19.2 Å². The molecule has 0 aromatic heterocycles. The Balaban J connectivity index is 2.27. The number of hydrogen-bond acceptors (Lipinski definition) is 3. The number of benzene rings is 2. The Morgan fingerprint density at radius 2 is 1.82 bits per heavy atom. The molecule has 2 rings (SSSR count). The summed E-state index contributed by atoms with van der Waals surface area (Å²) in [6.07, 6.45) is 0.726. The summed E-state index contributed by atoms with van der Waals surface area (Å²) >= 11 is 0. The number of rotatable bonds is 3. The lowest BCUT2D eigenvalue weighted by Gasteiger charge is -2.10. The van der Waals surface area contributed by atoms with E-state index in [0.717, 1.165) is 17.5 Å². The highest BCUT2D eigenvalue weighted by Crippen LogP contribution is 2.26. The van der Waals surface area contributed by atoms with Gasteiger partial charge < -0.3 is 15.6 Å². The first-order valence-electron chi connectivity index (χ1n) is 5.40. The van der Waals surface area contributed by atoms with Gasteiger partial charge in [0.25, 0.3) is 0 Å². The summed E-state index contributed by atoms with van der Waals surface area (Å²) in [4.78, 5) is 0. The number of aromatic hydroxyl groups is 1. The second kappa shape index (κ2) is 4.78. The zero-order valence-corrected chi connectivity index (χ0v) is 9.68. The van der Waals surface area contributed by atoms with Crippen LogP contribution in [-0.4, -0.2) is 12.2 Å². The highest BCUT2D eigenvalue weighted by Gasteiger charge is 2.05. The minimum Gasteiger partial charge on any atom is -0.508 e. The summed E-state index contributed by atoms with van der Waals surface area (Å²) in [5.74, 6) is 0.966. The quantitative estimate of drug-likeness (QED) is 0.795. The van der Waals surface area contributed by atoms with E-state index < -0.39 is 0 Å². The summed E-state index contributed by atoms with van der Waals surface area (Å²) in [6.45, 7) is 0. The second-order valence-corrected chi connectivity index (χ2v) is 3.88. The second-order valence-electron chi connectivity index (χ2n) is 3.88. The zero-order chi connectivity index (χ0) is 12.3. The average Bonchev–Trinajstić information content (AvgIpc) is 2.35. The molecule has 2 aromatic rings. The van der Waals surface area contributed by atoms with Gasteiger partial charge in [0.05, 0.1) is 12.8 Å². The lowest BCUT2D eigenvalue weighted by molar-refractivity contribution is 0.416. The third-order valence-electron chi connectivity index (χ3n) is 2.71. The van der Waals surface area contributed by atoms with Gasteiger partial charge in [0.2, 0.25) is 0 Å². The van der Waals surface area contributed by atoms with Gasteiger partial charge in [0.15, 0.2) is 0 Å². The lowest BCUT2D eigenvalue weighted by atomic mass is 10.0. The van der Waals surface area contributed by atoms with Crippen LogP contribution < -0.4 is 10.5 Å². The fourth-order valence-electron chi connectivity index (χ4n) is 1.76. The standard InChI is InChI=1S/C14H15NO2/c1-17-13-4-2-3-11(14(13)15)9-10-5-7-12(16)8-6-10/h2-8,16H,9,15H2,1H3. The molecule has 0 unspecified atom stereocenters. The van der Waals surface area contributed by atoms with Gasteiger partial charge in [-0.15, -0.1) is 0 Å². The average molecular weight is 229 g/mol. The van der Waals surface area contributed by atoms with Crippen LogP contribution in [0.3, 0.4) is 0 Å². The van der Waals surface area contributed by atoms with Gasteiger partial charge >= 0.3 is 0 Å². The molecule has 3 nitrogen and oxygen atoms in total. The van der Waals surface area contributed by atoms with Crippen LogP contribution in [0, 0.1) is 0 Å². The fourth-order valence-corrected chi connectivity index (χ4v) is 1.76. The van der Waals surface area contributed by atoms with Gasteiger partial charge in [-0.25, -0.2) is 0 Å². The summed E-state index contributed by atoms with van der Waals surface area (Å²) in [5, 5.41) is 9.21. The van der Waals surface area contributed by atoms with Crippen molar-refractivity contribution in [3.63, 3.8) is 0 Å². The Hall–Kier alpha value is -2.16. The molecule has 0 atom stereocenters. The van der Waals surface area contributed by atoms with E-state index in [1.165, 1.54) is 0 Å². The monoisotopic (exact) mass is 229 g/mol. The van der Waals surface area contributed by atoms with Gasteiger partial charge in [-0.2, -0.15) is 0 Å². The number of hydrogen-bond donors (Lipinski definition) is 2. The van der Waals surface area contributed by atoms with Crippen LogP contribution >= 0.6 is 0 Å². The molecule has 17 heavy (non-hydrogen) atoms. The Bertz CT molecular complexity index is 506. The molecular formula is C14H15NO2. The van der Waals surface area contributed by atoms with Crippen LogP contribution in [0.5, 0.6) is 11.5 Å². The maximum Gasteiger partial charge on any atom is 0.142 e. The van der Waals surface area contributed by atoms with E-state index >= 15 is 0 Å². The molecule has 0 bridgehead atoms. The van der Waals surface area contributed by atoms with Crippen molar-refractivity contribution in [3.05, 3.63) is 53.6 Å². The highest BCUT2D eigenvalue weighted by molar-refractivity contribution is 5.59. The molecule has 88 valence electrons. The van der Waals surface area contributed by atoms with Crippen molar-refractivity contribution < 1.29 is 9.84 Å². The van der Waals surface area contributed by atoms with Gasteiger partial charge in [0.1, 0.15) is 11.5 Å². The first kappa shape index (κ1) is 11.3. The van der Waals surface area contributed by atoms with Gasteiger partial charge in [-0.05, 0) is 35.7 Å². The van der Waals surface area contributed by atoms with Crippen molar-refractivity contribution in [2.45, 2.75) is 6.42 Å². The maximum atomic E-state index is 9.21.